The number of rotatable bonds is 5. The number of carbonyl (C=O) groups excluding carboxylic acids is 2. The maximum absolute atomic E-state index is 12.7. The Morgan fingerprint density at radius 1 is 1.23 bits per heavy atom. The van der Waals surface area contributed by atoms with Gasteiger partial charge in [0.25, 0.3) is 0 Å². The summed E-state index contributed by atoms with van der Waals surface area (Å²) in [5, 5.41) is 2.06. The van der Waals surface area contributed by atoms with Crippen molar-refractivity contribution in [1.29, 1.82) is 0 Å². The molecule has 1 aromatic carbocycles. The quantitative estimate of drug-likeness (QED) is 0.588. The van der Waals surface area contributed by atoms with Crippen LogP contribution in [0.5, 0.6) is 0 Å². The second-order valence-corrected chi connectivity index (χ2v) is 7.84. The number of nitrogens with zero attached hydrogens (tertiary/aromatic N) is 1. The van der Waals surface area contributed by atoms with Gasteiger partial charge in [-0.2, -0.15) is 0 Å². The van der Waals surface area contributed by atoms with Crippen LogP contribution in [0, 0.1) is 6.92 Å². The van der Waals surface area contributed by atoms with Gasteiger partial charge in [0.15, 0.2) is 5.78 Å². The fraction of sp³-hybridized carbons (Fsp3) is 0.333. The number of benzene rings is 1. The standard InChI is InChI=1S/C21H21NO3S/c1-14-9-10-26-20(14)18-11-19(23)17(12-22(18)16-7-8-16)21(24)25-13-15-5-3-2-4-6-15/h2-6,9-10,12,16,18H,7-8,11,13H2,1H3. The van der Waals surface area contributed by atoms with E-state index in [-0.39, 0.29) is 24.0 Å². The van der Waals surface area contributed by atoms with Gasteiger partial charge >= 0.3 is 5.97 Å². The second kappa shape index (κ2) is 7.08. The van der Waals surface area contributed by atoms with Crippen LogP contribution in [0.2, 0.25) is 0 Å². The van der Waals surface area contributed by atoms with Gasteiger partial charge in [0.1, 0.15) is 12.2 Å². The second-order valence-electron chi connectivity index (χ2n) is 6.89. The highest BCUT2D eigenvalue weighted by atomic mass is 32.1. The first-order chi connectivity index (χ1) is 12.6. The zero-order valence-electron chi connectivity index (χ0n) is 14.7. The monoisotopic (exact) mass is 367 g/mol. The number of ether oxygens (including phenoxy) is 1. The maximum Gasteiger partial charge on any atom is 0.343 e. The lowest BCUT2D eigenvalue weighted by atomic mass is 9.96. The van der Waals surface area contributed by atoms with Crippen LogP contribution < -0.4 is 0 Å². The first kappa shape index (κ1) is 17.0. The van der Waals surface area contributed by atoms with Crippen LogP contribution in [0.25, 0.3) is 0 Å². The molecule has 1 saturated carbocycles. The maximum atomic E-state index is 12.7. The van der Waals surface area contributed by atoms with Gasteiger partial charge in [-0.05, 0) is 42.3 Å². The van der Waals surface area contributed by atoms with Gasteiger partial charge in [0, 0.05) is 23.5 Å². The number of ketones is 1. The minimum Gasteiger partial charge on any atom is -0.457 e. The van der Waals surface area contributed by atoms with Crippen molar-refractivity contribution >= 4 is 23.1 Å². The number of thiophene rings is 1. The first-order valence-corrected chi connectivity index (χ1v) is 9.79. The van der Waals surface area contributed by atoms with E-state index >= 15 is 0 Å². The van der Waals surface area contributed by atoms with Gasteiger partial charge < -0.3 is 9.64 Å². The Balaban J connectivity index is 1.53. The van der Waals surface area contributed by atoms with E-state index in [0.29, 0.717) is 12.5 Å². The molecule has 0 spiro atoms. The number of esters is 1. The molecule has 0 bridgehead atoms. The fourth-order valence-electron chi connectivity index (χ4n) is 3.36. The van der Waals surface area contributed by atoms with Crippen LogP contribution in [0.1, 0.15) is 41.3 Å². The number of carbonyl (C=O) groups is 2. The molecule has 1 aromatic heterocycles. The van der Waals surface area contributed by atoms with Crippen molar-refractivity contribution in [3.63, 3.8) is 0 Å². The van der Waals surface area contributed by atoms with Crippen molar-refractivity contribution in [2.75, 3.05) is 0 Å². The Bertz CT molecular complexity index is 851. The summed E-state index contributed by atoms with van der Waals surface area (Å²) < 4.78 is 5.38. The zero-order valence-corrected chi connectivity index (χ0v) is 15.5. The third-order valence-electron chi connectivity index (χ3n) is 4.92. The first-order valence-electron chi connectivity index (χ1n) is 8.91. The number of hydrogen-bond acceptors (Lipinski definition) is 5. The molecule has 2 heterocycles. The molecule has 1 aliphatic carbocycles. The lowest BCUT2D eigenvalue weighted by Gasteiger charge is -2.34. The summed E-state index contributed by atoms with van der Waals surface area (Å²) in [5.74, 6) is -0.649. The van der Waals surface area contributed by atoms with Crippen molar-refractivity contribution in [2.45, 2.75) is 44.9 Å². The van der Waals surface area contributed by atoms with E-state index in [1.165, 1.54) is 10.4 Å². The van der Waals surface area contributed by atoms with Crippen molar-refractivity contribution in [1.82, 2.24) is 4.90 Å². The van der Waals surface area contributed by atoms with Crippen molar-refractivity contribution in [2.24, 2.45) is 0 Å². The minimum atomic E-state index is -0.522. The molecule has 0 N–H and O–H groups in total. The predicted octanol–water partition coefficient (Wildman–Crippen LogP) is 4.16. The summed E-state index contributed by atoms with van der Waals surface area (Å²) in [4.78, 5) is 28.6. The number of hydrogen-bond donors (Lipinski definition) is 0. The Morgan fingerprint density at radius 2 is 2.00 bits per heavy atom. The van der Waals surface area contributed by atoms with Crippen LogP contribution in [0.4, 0.5) is 0 Å². The van der Waals surface area contributed by atoms with Crippen LogP contribution in [0.15, 0.2) is 53.6 Å². The van der Waals surface area contributed by atoms with Crippen LogP contribution >= 0.6 is 11.3 Å². The average molecular weight is 367 g/mol. The summed E-state index contributed by atoms with van der Waals surface area (Å²) in [6.07, 6.45) is 4.31. The predicted molar refractivity (Wildman–Crippen MR) is 101 cm³/mol. The number of Topliss-reactive ketones (excluding diaryl/α,β-unsaturated/α-hetero) is 1. The number of aryl methyl sites for hydroxylation is 1. The van der Waals surface area contributed by atoms with E-state index in [9.17, 15) is 9.59 Å². The molecule has 0 radical (unpaired) electrons. The summed E-state index contributed by atoms with van der Waals surface area (Å²) >= 11 is 1.68. The van der Waals surface area contributed by atoms with Gasteiger partial charge in [-0.1, -0.05) is 30.3 Å². The average Bonchev–Trinajstić information content (AvgIpc) is 3.41. The molecule has 1 fully saturated rings. The molecule has 1 aliphatic heterocycles. The topological polar surface area (TPSA) is 46.6 Å². The molecule has 134 valence electrons. The van der Waals surface area contributed by atoms with Gasteiger partial charge in [-0.3, -0.25) is 4.79 Å². The van der Waals surface area contributed by atoms with Crippen molar-refractivity contribution < 1.29 is 14.3 Å². The van der Waals surface area contributed by atoms with E-state index < -0.39 is 5.97 Å². The highest BCUT2D eigenvalue weighted by Crippen LogP contribution is 2.42. The molecule has 0 saturated heterocycles. The van der Waals surface area contributed by atoms with E-state index in [1.54, 1.807) is 17.5 Å². The van der Waals surface area contributed by atoms with E-state index in [1.807, 2.05) is 30.3 Å². The molecule has 2 aliphatic rings. The summed E-state index contributed by atoms with van der Waals surface area (Å²) in [6, 6.07) is 12.1. The van der Waals surface area contributed by atoms with Crippen LogP contribution in [-0.4, -0.2) is 22.7 Å². The van der Waals surface area contributed by atoms with Gasteiger partial charge in [0.2, 0.25) is 0 Å². The van der Waals surface area contributed by atoms with Crippen LogP contribution in [0.3, 0.4) is 0 Å². The SMILES string of the molecule is Cc1ccsc1C1CC(=O)C(C(=O)OCc2ccccc2)=CN1C1CC1. The van der Waals surface area contributed by atoms with E-state index in [2.05, 4.69) is 23.3 Å². The van der Waals surface area contributed by atoms with E-state index in [4.69, 9.17) is 4.74 Å². The van der Waals surface area contributed by atoms with Crippen molar-refractivity contribution in [3.8, 4) is 0 Å². The molecule has 5 heteroatoms. The molecule has 1 unspecified atom stereocenters. The lowest BCUT2D eigenvalue weighted by molar-refractivity contribution is -0.142. The molecular formula is C21H21NO3S. The van der Waals surface area contributed by atoms with Gasteiger partial charge in [-0.15, -0.1) is 11.3 Å². The molecule has 4 nitrogen and oxygen atoms in total. The molecule has 1 atom stereocenters. The highest BCUT2D eigenvalue weighted by Gasteiger charge is 2.40. The van der Waals surface area contributed by atoms with Crippen LogP contribution in [-0.2, 0) is 20.9 Å². The summed E-state index contributed by atoms with van der Waals surface area (Å²) in [7, 11) is 0. The fourth-order valence-corrected chi connectivity index (χ4v) is 4.39. The normalized spacial score (nSPS) is 20.0. The molecule has 26 heavy (non-hydrogen) atoms. The van der Waals surface area contributed by atoms with Crippen molar-refractivity contribution in [3.05, 3.63) is 69.6 Å². The molecular weight excluding hydrogens is 346 g/mol. The smallest absolute Gasteiger partial charge is 0.343 e. The Labute approximate surface area is 157 Å². The highest BCUT2D eigenvalue weighted by molar-refractivity contribution is 7.10. The van der Waals surface area contributed by atoms with E-state index in [0.717, 1.165) is 18.4 Å². The molecule has 0 amide bonds. The molecule has 4 rings (SSSR count). The third-order valence-corrected chi connectivity index (χ3v) is 6.04. The van der Waals surface area contributed by atoms with Gasteiger partial charge in [-0.25, -0.2) is 4.79 Å². The summed E-state index contributed by atoms with van der Waals surface area (Å²) in [5.41, 5.74) is 2.30. The lowest BCUT2D eigenvalue weighted by Crippen LogP contribution is -2.35. The van der Waals surface area contributed by atoms with Gasteiger partial charge in [0.05, 0.1) is 6.04 Å². The minimum absolute atomic E-state index is 0.0423. The summed E-state index contributed by atoms with van der Waals surface area (Å²) in [6.45, 7) is 2.26. The zero-order chi connectivity index (χ0) is 18.1. The Hall–Kier alpha value is -2.40. The largest absolute Gasteiger partial charge is 0.457 e. The Kier molecular flexibility index (Phi) is 4.64. The molecule has 2 aromatic rings. The third kappa shape index (κ3) is 3.44. The Morgan fingerprint density at radius 3 is 2.65 bits per heavy atom.